The summed E-state index contributed by atoms with van der Waals surface area (Å²) < 4.78 is 2.06. The SMILES string of the molecule is CCCCCCCC(Cc1ccn(C(C)C)n1)NCC. The zero-order valence-electron chi connectivity index (χ0n) is 13.9. The van der Waals surface area contributed by atoms with Gasteiger partial charge in [-0.25, -0.2) is 0 Å². The van der Waals surface area contributed by atoms with Crippen LogP contribution >= 0.6 is 0 Å². The van der Waals surface area contributed by atoms with E-state index in [2.05, 4.69) is 55.1 Å². The third-order valence-corrected chi connectivity index (χ3v) is 3.80. The van der Waals surface area contributed by atoms with Crippen LogP contribution in [0.5, 0.6) is 0 Å². The fraction of sp³-hybridized carbons (Fsp3) is 0.824. The van der Waals surface area contributed by atoms with Gasteiger partial charge in [-0.05, 0) is 32.9 Å². The van der Waals surface area contributed by atoms with Crippen molar-refractivity contribution in [2.24, 2.45) is 0 Å². The van der Waals surface area contributed by atoms with Crippen LogP contribution in [0.1, 0.15) is 78.0 Å². The molecule has 1 N–H and O–H groups in total. The molecule has 0 aliphatic rings. The molecular formula is C17H33N3. The largest absolute Gasteiger partial charge is 0.314 e. The standard InChI is InChI=1S/C17H33N3/c1-5-7-8-9-10-11-16(18-6-2)14-17-12-13-20(19-17)15(3)4/h12-13,15-16,18H,5-11,14H2,1-4H3. The molecule has 0 aliphatic carbocycles. The van der Waals surface area contributed by atoms with Gasteiger partial charge >= 0.3 is 0 Å². The Labute approximate surface area is 125 Å². The maximum atomic E-state index is 4.67. The van der Waals surface area contributed by atoms with E-state index >= 15 is 0 Å². The third-order valence-electron chi connectivity index (χ3n) is 3.80. The summed E-state index contributed by atoms with van der Waals surface area (Å²) in [5, 5.41) is 8.28. The summed E-state index contributed by atoms with van der Waals surface area (Å²) in [7, 11) is 0. The summed E-state index contributed by atoms with van der Waals surface area (Å²) in [6, 6.07) is 3.20. The molecule has 0 fully saturated rings. The lowest BCUT2D eigenvalue weighted by Gasteiger charge is -2.16. The molecule has 3 nitrogen and oxygen atoms in total. The van der Waals surface area contributed by atoms with Gasteiger partial charge in [0.25, 0.3) is 0 Å². The van der Waals surface area contributed by atoms with E-state index in [1.807, 2.05) is 0 Å². The lowest BCUT2D eigenvalue weighted by atomic mass is 10.0. The van der Waals surface area contributed by atoms with Gasteiger partial charge in [-0.3, -0.25) is 4.68 Å². The quantitative estimate of drug-likeness (QED) is 0.610. The van der Waals surface area contributed by atoms with Crippen molar-refractivity contribution in [2.75, 3.05) is 6.54 Å². The van der Waals surface area contributed by atoms with Crippen LogP contribution < -0.4 is 5.32 Å². The molecule has 0 saturated heterocycles. The Kier molecular flexibility index (Phi) is 8.59. The first-order valence-corrected chi connectivity index (χ1v) is 8.44. The first-order valence-electron chi connectivity index (χ1n) is 8.44. The van der Waals surface area contributed by atoms with Gasteiger partial charge in [0.2, 0.25) is 0 Å². The van der Waals surface area contributed by atoms with Crippen LogP contribution in [-0.4, -0.2) is 22.4 Å². The van der Waals surface area contributed by atoms with Crippen molar-refractivity contribution < 1.29 is 0 Å². The Morgan fingerprint density at radius 2 is 1.90 bits per heavy atom. The minimum Gasteiger partial charge on any atom is -0.314 e. The fourth-order valence-electron chi connectivity index (χ4n) is 2.59. The van der Waals surface area contributed by atoms with Gasteiger partial charge in [0, 0.05) is 24.7 Å². The third kappa shape index (κ3) is 6.56. The lowest BCUT2D eigenvalue weighted by molar-refractivity contribution is 0.451. The van der Waals surface area contributed by atoms with E-state index in [0.29, 0.717) is 12.1 Å². The van der Waals surface area contributed by atoms with Crippen molar-refractivity contribution >= 4 is 0 Å². The van der Waals surface area contributed by atoms with Crippen LogP contribution in [0.2, 0.25) is 0 Å². The highest BCUT2D eigenvalue weighted by Gasteiger charge is 2.11. The van der Waals surface area contributed by atoms with Crippen molar-refractivity contribution in [2.45, 2.75) is 84.7 Å². The van der Waals surface area contributed by atoms with Gasteiger partial charge in [0.05, 0.1) is 5.69 Å². The first-order chi connectivity index (χ1) is 9.67. The van der Waals surface area contributed by atoms with E-state index in [1.54, 1.807) is 0 Å². The molecule has 1 aromatic rings. The molecule has 1 atom stereocenters. The molecule has 1 aromatic heterocycles. The molecule has 1 rings (SSSR count). The predicted molar refractivity (Wildman–Crippen MR) is 87.2 cm³/mol. The van der Waals surface area contributed by atoms with E-state index in [9.17, 15) is 0 Å². The molecule has 0 saturated carbocycles. The highest BCUT2D eigenvalue weighted by molar-refractivity contribution is 5.02. The molecule has 1 unspecified atom stereocenters. The zero-order valence-corrected chi connectivity index (χ0v) is 13.9. The van der Waals surface area contributed by atoms with Crippen molar-refractivity contribution in [1.82, 2.24) is 15.1 Å². The number of likely N-dealkylation sites (N-methyl/N-ethyl adjacent to an activating group) is 1. The van der Waals surface area contributed by atoms with Crippen LogP contribution in [0.25, 0.3) is 0 Å². The van der Waals surface area contributed by atoms with E-state index < -0.39 is 0 Å². The number of rotatable bonds is 11. The average molecular weight is 279 g/mol. The van der Waals surface area contributed by atoms with E-state index in [1.165, 1.54) is 44.2 Å². The lowest BCUT2D eigenvalue weighted by Crippen LogP contribution is -2.31. The van der Waals surface area contributed by atoms with Crippen molar-refractivity contribution in [3.8, 4) is 0 Å². The maximum absolute atomic E-state index is 4.67. The van der Waals surface area contributed by atoms with Gasteiger partial charge in [-0.15, -0.1) is 0 Å². The fourth-order valence-corrected chi connectivity index (χ4v) is 2.59. The predicted octanol–water partition coefficient (Wildman–Crippen LogP) is 4.35. The Morgan fingerprint density at radius 1 is 1.15 bits per heavy atom. The average Bonchev–Trinajstić information content (AvgIpc) is 2.87. The van der Waals surface area contributed by atoms with Gasteiger partial charge < -0.3 is 5.32 Å². The number of aromatic nitrogens is 2. The van der Waals surface area contributed by atoms with Crippen molar-refractivity contribution in [3.63, 3.8) is 0 Å². The minimum atomic E-state index is 0.454. The maximum Gasteiger partial charge on any atom is 0.0640 e. The molecule has 3 heteroatoms. The summed E-state index contributed by atoms with van der Waals surface area (Å²) in [5.74, 6) is 0. The van der Waals surface area contributed by atoms with Crippen LogP contribution in [0.3, 0.4) is 0 Å². The molecule has 0 bridgehead atoms. The Morgan fingerprint density at radius 3 is 2.50 bits per heavy atom. The second-order valence-corrected chi connectivity index (χ2v) is 6.04. The van der Waals surface area contributed by atoms with Gasteiger partial charge in [0.1, 0.15) is 0 Å². The monoisotopic (exact) mass is 279 g/mol. The van der Waals surface area contributed by atoms with Crippen LogP contribution in [-0.2, 0) is 6.42 Å². The van der Waals surface area contributed by atoms with Gasteiger partial charge in [0.15, 0.2) is 0 Å². The number of nitrogens with zero attached hydrogens (tertiary/aromatic N) is 2. The molecule has 0 aliphatic heterocycles. The summed E-state index contributed by atoms with van der Waals surface area (Å²) in [5.41, 5.74) is 1.22. The van der Waals surface area contributed by atoms with Crippen molar-refractivity contribution in [1.29, 1.82) is 0 Å². The molecule has 1 heterocycles. The van der Waals surface area contributed by atoms with E-state index in [0.717, 1.165) is 13.0 Å². The second-order valence-electron chi connectivity index (χ2n) is 6.04. The number of hydrogen-bond acceptors (Lipinski definition) is 2. The van der Waals surface area contributed by atoms with Crippen LogP contribution in [0.4, 0.5) is 0 Å². The van der Waals surface area contributed by atoms with Gasteiger partial charge in [-0.1, -0.05) is 46.0 Å². The molecule has 0 amide bonds. The number of nitrogens with one attached hydrogen (secondary N) is 1. The molecule has 116 valence electrons. The Balaban J connectivity index is 2.36. The summed E-state index contributed by atoms with van der Waals surface area (Å²) in [6.07, 6.45) is 11.2. The zero-order chi connectivity index (χ0) is 14.8. The minimum absolute atomic E-state index is 0.454. The molecule has 20 heavy (non-hydrogen) atoms. The van der Waals surface area contributed by atoms with Crippen LogP contribution in [0, 0.1) is 0 Å². The molecule has 0 spiro atoms. The van der Waals surface area contributed by atoms with E-state index in [-0.39, 0.29) is 0 Å². The second kappa shape index (κ2) is 9.98. The number of hydrogen-bond donors (Lipinski definition) is 1. The Bertz CT molecular complexity index is 344. The normalized spacial score (nSPS) is 13.1. The van der Waals surface area contributed by atoms with E-state index in [4.69, 9.17) is 0 Å². The number of unbranched alkanes of at least 4 members (excludes halogenated alkanes) is 4. The summed E-state index contributed by atoms with van der Waals surface area (Å²) in [6.45, 7) is 9.85. The van der Waals surface area contributed by atoms with Crippen LogP contribution in [0.15, 0.2) is 12.3 Å². The Hall–Kier alpha value is -0.830. The van der Waals surface area contributed by atoms with Crippen molar-refractivity contribution in [3.05, 3.63) is 18.0 Å². The molecule has 0 radical (unpaired) electrons. The highest BCUT2D eigenvalue weighted by Crippen LogP contribution is 2.12. The smallest absolute Gasteiger partial charge is 0.0640 e. The van der Waals surface area contributed by atoms with Gasteiger partial charge in [-0.2, -0.15) is 5.10 Å². The molecule has 0 aromatic carbocycles. The summed E-state index contributed by atoms with van der Waals surface area (Å²) >= 11 is 0. The highest BCUT2D eigenvalue weighted by atomic mass is 15.3. The first kappa shape index (κ1) is 17.2. The topological polar surface area (TPSA) is 29.9 Å². The molecular weight excluding hydrogens is 246 g/mol. The summed E-state index contributed by atoms with van der Waals surface area (Å²) in [4.78, 5) is 0.